The van der Waals surface area contributed by atoms with Crippen LogP contribution in [0, 0.1) is 5.92 Å². The lowest BCUT2D eigenvalue weighted by atomic mass is 9.98. The van der Waals surface area contributed by atoms with Crippen molar-refractivity contribution in [3.63, 3.8) is 0 Å². The molecule has 0 radical (unpaired) electrons. The predicted octanol–water partition coefficient (Wildman–Crippen LogP) is 1.32. The van der Waals surface area contributed by atoms with Gasteiger partial charge in [0, 0.05) is 18.8 Å². The topological polar surface area (TPSA) is 95.2 Å². The molecule has 20 heavy (non-hydrogen) atoms. The predicted molar refractivity (Wildman–Crippen MR) is 76.6 cm³/mol. The molecule has 3 rings (SSSR count). The number of nitrogens with zero attached hydrogens (tertiary/aromatic N) is 2. The molecule has 0 amide bonds. The van der Waals surface area contributed by atoms with Gasteiger partial charge in [0.25, 0.3) is 0 Å². The fraction of sp³-hybridized carbons (Fsp3) is 0.429. The lowest BCUT2D eigenvalue weighted by Crippen LogP contribution is -2.38. The average Bonchev–Trinajstić information content (AvgIpc) is 2.89. The zero-order valence-electron chi connectivity index (χ0n) is 11.2. The van der Waals surface area contributed by atoms with Gasteiger partial charge in [-0.1, -0.05) is 0 Å². The molecule has 4 N–H and O–H groups in total. The van der Waals surface area contributed by atoms with Crippen LogP contribution in [-0.4, -0.2) is 34.1 Å². The van der Waals surface area contributed by atoms with Gasteiger partial charge in [-0.3, -0.25) is 4.79 Å². The minimum absolute atomic E-state index is 0.277. The van der Waals surface area contributed by atoms with Crippen LogP contribution < -0.4 is 10.6 Å². The van der Waals surface area contributed by atoms with Crippen molar-refractivity contribution in [2.75, 3.05) is 18.0 Å². The zero-order chi connectivity index (χ0) is 14.1. The number of aromatic nitrogens is 2. The van der Waals surface area contributed by atoms with Gasteiger partial charge in [-0.05, 0) is 31.0 Å². The van der Waals surface area contributed by atoms with Gasteiger partial charge in [0.1, 0.15) is 5.82 Å². The smallest absolute Gasteiger partial charge is 0.308 e. The van der Waals surface area contributed by atoms with Crippen molar-refractivity contribution in [2.24, 2.45) is 11.7 Å². The van der Waals surface area contributed by atoms with Crippen molar-refractivity contribution in [1.82, 2.24) is 9.97 Å². The first-order valence-corrected chi connectivity index (χ1v) is 6.84. The van der Waals surface area contributed by atoms with E-state index in [1.807, 2.05) is 18.2 Å². The number of hydrogen-bond acceptors (Lipinski definition) is 4. The van der Waals surface area contributed by atoms with Crippen LogP contribution in [0.3, 0.4) is 0 Å². The summed E-state index contributed by atoms with van der Waals surface area (Å²) in [7, 11) is 0. The summed E-state index contributed by atoms with van der Waals surface area (Å²) in [5.41, 5.74) is 8.45. The molecule has 0 aliphatic carbocycles. The monoisotopic (exact) mass is 274 g/mol. The van der Waals surface area contributed by atoms with E-state index in [2.05, 4.69) is 14.9 Å². The van der Waals surface area contributed by atoms with E-state index >= 15 is 0 Å². The molecule has 1 aromatic carbocycles. The van der Waals surface area contributed by atoms with Gasteiger partial charge < -0.3 is 20.7 Å². The molecule has 6 heteroatoms. The Morgan fingerprint density at radius 2 is 2.40 bits per heavy atom. The summed E-state index contributed by atoms with van der Waals surface area (Å²) in [6.45, 7) is 1.85. The number of hydrogen-bond donors (Lipinski definition) is 3. The minimum Gasteiger partial charge on any atom is -0.481 e. The Morgan fingerprint density at radius 3 is 3.15 bits per heavy atom. The molecule has 0 bridgehead atoms. The van der Waals surface area contributed by atoms with E-state index in [-0.39, 0.29) is 5.92 Å². The summed E-state index contributed by atoms with van der Waals surface area (Å²) < 4.78 is 0. The molecule has 106 valence electrons. The Balaban J connectivity index is 1.87. The van der Waals surface area contributed by atoms with Crippen LogP contribution in [0.5, 0.6) is 0 Å². The molecule has 1 aliphatic rings. The molecule has 2 aromatic rings. The number of benzene rings is 1. The Morgan fingerprint density at radius 1 is 1.55 bits per heavy atom. The van der Waals surface area contributed by atoms with Crippen LogP contribution >= 0.6 is 0 Å². The van der Waals surface area contributed by atoms with Gasteiger partial charge in [-0.15, -0.1) is 0 Å². The lowest BCUT2D eigenvalue weighted by Gasteiger charge is -2.32. The fourth-order valence-corrected chi connectivity index (χ4v) is 2.76. The van der Waals surface area contributed by atoms with E-state index in [9.17, 15) is 4.79 Å². The number of carboxylic acid groups (broad SMARTS) is 1. The molecule has 1 atom stereocenters. The maximum absolute atomic E-state index is 11.1. The first-order valence-electron chi connectivity index (χ1n) is 6.84. The van der Waals surface area contributed by atoms with Crippen LogP contribution in [0.2, 0.25) is 0 Å². The number of rotatable bonds is 3. The number of nitrogens with one attached hydrogen (secondary N) is 1. The molecule has 1 aromatic heterocycles. The average molecular weight is 274 g/mol. The summed E-state index contributed by atoms with van der Waals surface area (Å²) in [4.78, 5) is 20.8. The third-order valence-electron chi connectivity index (χ3n) is 3.84. The highest BCUT2D eigenvalue weighted by Crippen LogP contribution is 2.26. The SMILES string of the molecule is NCc1nc2ccc(N3CCCC(C(=O)O)C3)cc2[nH]1. The Labute approximate surface area is 116 Å². The summed E-state index contributed by atoms with van der Waals surface area (Å²) in [5, 5.41) is 9.15. The third-order valence-corrected chi connectivity index (χ3v) is 3.84. The van der Waals surface area contributed by atoms with E-state index in [0.29, 0.717) is 13.1 Å². The molecular weight excluding hydrogens is 256 g/mol. The zero-order valence-corrected chi connectivity index (χ0v) is 11.2. The van der Waals surface area contributed by atoms with Crippen LogP contribution in [0.4, 0.5) is 5.69 Å². The Kier molecular flexibility index (Phi) is 3.31. The summed E-state index contributed by atoms with van der Waals surface area (Å²) in [6.07, 6.45) is 1.67. The van der Waals surface area contributed by atoms with Crippen molar-refractivity contribution < 1.29 is 9.90 Å². The number of fused-ring (bicyclic) bond motifs is 1. The number of carbonyl (C=O) groups is 1. The highest BCUT2D eigenvalue weighted by atomic mass is 16.4. The molecule has 0 saturated carbocycles. The second-order valence-electron chi connectivity index (χ2n) is 5.21. The highest BCUT2D eigenvalue weighted by molar-refractivity contribution is 5.80. The number of anilines is 1. The van der Waals surface area contributed by atoms with Gasteiger partial charge in [-0.25, -0.2) is 4.98 Å². The fourth-order valence-electron chi connectivity index (χ4n) is 2.76. The molecule has 6 nitrogen and oxygen atoms in total. The number of imidazole rings is 1. The molecule has 0 spiro atoms. The van der Waals surface area contributed by atoms with Crippen molar-refractivity contribution in [3.8, 4) is 0 Å². The number of carboxylic acids is 1. The molecule has 2 heterocycles. The van der Waals surface area contributed by atoms with Crippen molar-refractivity contribution in [1.29, 1.82) is 0 Å². The van der Waals surface area contributed by atoms with Crippen LogP contribution in [-0.2, 0) is 11.3 Å². The van der Waals surface area contributed by atoms with Gasteiger partial charge >= 0.3 is 5.97 Å². The normalized spacial score (nSPS) is 19.4. The third kappa shape index (κ3) is 2.34. The first-order chi connectivity index (χ1) is 9.67. The van der Waals surface area contributed by atoms with E-state index in [1.165, 1.54) is 0 Å². The van der Waals surface area contributed by atoms with Crippen LogP contribution in [0.1, 0.15) is 18.7 Å². The molecule has 1 saturated heterocycles. The number of H-pyrrole nitrogens is 1. The number of aliphatic carboxylic acids is 1. The van der Waals surface area contributed by atoms with Gasteiger partial charge in [-0.2, -0.15) is 0 Å². The summed E-state index contributed by atoms with van der Waals surface area (Å²) >= 11 is 0. The Bertz CT molecular complexity index is 637. The highest BCUT2D eigenvalue weighted by Gasteiger charge is 2.25. The quantitative estimate of drug-likeness (QED) is 0.784. The number of piperidine rings is 1. The van der Waals surface area contributed by atoms with Gasteiger partial charge in [0.2, 0.25) is 0 Å². The largest absolute Gasteiger partial charge is 0.481 e. The maximum atomic E-state index is 11.1. The van der Waals surface area contributed by atoms with E-state index in [4.69, 9.17) is 10.8 Å². The molecular formula is C14H18N4O2. The van der Waals surface area contributed by atoms with Crippen molar-refractivity contribution in [3.05, 3.63) is 24.0 Å². The van der Waals surface area contributed by atoms with Crippen LogP contribution in [0.15, 0.2) is 18.2 Å². The lowest BCUT2D eigenvalue weighted by molar-refractivity contribution is -0.141. The van der Waals surface area contributed by atoms with Crippen molar-refractivity contribution in [2.45, 2.75) is 19.4 Å². The summed E-state index contributed by atoms with van der Waals surface area (Å²) in [5.74, 6) is -0.220. The van der Waals surface area contributed by atoms with Gasteiger partial charge in [0.05, 0.1) is 23.5 Å². The molecule has 1 aliphatic heterocycles. The van der Waals surface area contributed by atoms with Crippen LogP contribution in [0.25, 0.3) is 11.0 Å². The first kappa shape index (κ1) is 12.9. The van der Waals surface area contributed by atoms with Crippen molar-refractivity contribution >= 4 is 22.7 Å². The molecule has 1 fully saturated rings. The molecule has 1 unspecified atom stereocenters. The maximum Gasteiger partial charge on any atom is 0.308 e. The Hall–Kier alpha value is -2.08. The number of aromatic amines is 1. The minimum atomic E-state index is -0.706. The van der Waals surface area contributed by atoms with E-state index < -0.39 is 5.97 Å². The van der Waals surface area contributed by atoms with E-state index in [0.717, 1.165) is 41.9 Å². The summed E-state index contributed by atoms with van der Waals surface area (Å²) in [6, 6.07) is 5.96. The number of nitrogens with two attached hydrogens (primary N) is 1. The van der Waals surface area contributed by atoms with Gasteiger partial charge in [0.15, 0.2) is 0 Å². The second-order valence-corrected chi connectivity index (χ2v) is 5.21. The second kappa shape index (κ2) is 5.13. The van der Waals surface area contributed by atoms with E-state index in [1.54, 1.807) is 0 Å². The standard InChI is InChI=1S/C14H18N4O2/c15-7-13-16-11-4-3-10(6-12(11)17-13)18-5-1-2-9(8-18)14(19)20/h3-4,6,9H,1-2,5,7-8,15H2,(H,16,17)(H,19,20).